The Morgan fingerprint density at radius 3 is 1.21 bits per heavy atom. The van der Waals surface area contributed by atoms with Gasteiger partial charge in [0.2, 0.25) is 0 Å². The standard InChI is InChI=1S/C25H32F4O.C11H16O.11CH4/c1-5-6-7-8-9-10-20-15-22(26)24(23(27)16-20)25(28,29)30-12-11-21-13-17(2)19(4)18(3)14-21;1-8-6-11(4-5-12)7-9(2)10(8)3;;;;;;;;;;;/h13-16H,5-12H2,1-4H3;6-7,12H,4-5H2,1-3H3;11*1H4. The third kappa shape index (κ3) is 23.6. The van der Waals surface area contributed by atoms with Gasteiger partial charge in [-0.05, 0) is 129 Å². The Hall–Kier alpha value is -2.70. The van der Waals surface area contributed by atoms with Crippen LogP contribution in [0.3, 0.4) is 0 Å². The number of benzene rings is 3. The van der Waals surface area contributed by atoms with Crippen LogP contribution in [0.2, 0.25) is 0 Å². The van der Waals surface area contributed by atoms with Crippen molar-refractivity contribution in [3.63, 3.8) is 0 Å². The van der Waals surface area contributed by atoms with Crippen molar-refractivity contribution in [2.75, 3.05) is 13.2 Å². The molecule has 3 rings (SSSR count). The smallest absolute Gasteiger partial charge is 0.389 e. The third-order valence-electron chi connectivity index (χ3n) is 8.01. The number of hydrogen-bond donors (Lipinski definition) is 1. The van der Waals surface area contributed by atoms with Gasteiger partial charge in [-0.15, -0.1) is 0 Å². The van der Waals surface area contributed by atoms with Crippen LogP contribution in [0.25, 0.3) is 0 Å². The van der Waals surface area contributed by atoms with Crippen LogP contribution in [0.4, 0.5) is 17.6 Å². The normalized spacial score (nSPS) is 9.06. The Bertz CT molecular complexity index is 1230. The number of hydrogen-bond acceptors (Lipinski definition) is 2. The molecule has 3 aromatic rings. The highest BCUT2D eigenvalue weighted by molar-refractivity contribution is 5.38. The maximum absolute atomic E-state index is 14.4. The van der Waals surface area contributed by atoms with E-state index in [9.17, 15) is 17.6 Å². The molecule has 3 aromatic carbocycles. The summed E-state index contributed by atoms with van der Waals surface area (Å²) in [5, 5.41) is 8.77. The zero-order chi connectivity index (χ0) is 31.4. The molecule has 1 N–H and O–H groups in total. The lowest BCUT2D eigenvalue weighted by molar-refractivity contribution is -0.251. The summed E-state index contributed by atoms with van der Waals surface area (Å²) in [5.41, 5.74) is 8.45. The molecule has 53 heavy (non-hydrogen) atoms. The number of halogens is 4. The molecule has 6 heteroatoms. The molecule has 0 saturated carbocycles. The number of alkyl halides is 2. The zero-order valence-corrected chi connectivity index (χ0v) is 26.4. The van der Waals surface area contributed by atoms with Crippen molar-refractivity contribution < 1.29 is 27.4 Å². The molecule has 0 fully saturated rings. The lowest BCUT2D eigenvalue weighted by Crippen LogP contribution is -2.23. The van der Waals surface area contributed by atoms with Gasteiger partial charge in [-0.2, -0.15) is 8.78 Å². The lowest BCUT2D eigenvalue weighted by atomic mass is 9.99. The van der Waals surface area contributed by atoms with Gasteiger partial charge in [0.05, 0.1) is 6.61 Å². The van der Waals surface area contributed by atoms with Crippen LogP contribution < -0.4 is 0 Å². The Balaban J connectivity index is -0.0000000882. The average Bonchev–Trinajstić information content (AvgIpc) is 2.90. The Kier molecular flexibility index (Phi) is 51.5. The first-order chi connectivity index (χ1) is 19.8. The summed E-state index contributed by atoms with van der Waals surface area (Å²) in [6.07, 6.45) is 2.46. The molecule has 0 spiro atoms. The highest BCUT2D eigenvalue weighted by Crippen LogP contribution is 2.34. The molecule has 0 bridgehead atoms. The quantitative estimate of drug-likeness (QED) is 0.139. The number of aliphatic hydroxyl groups is 1. The minimum absolute atomic E-state index is 0. The van der Waals surface area contributed by atoms with Crippen molar-refractivity contribution in [3.05, 3.63) is 104 Å². The minimum Gasteiger partial charge on any atom is -0.396 e. The van der Waals surface area contributed by atoms with E-state index in [0.29, 0.717) is 12.0 Å². The van der Waals surface area contributed by atoms with Gasteiger partial charge in [0.25, 0.3) is 0 Å². The zero-order valence-electron chi connectivity index (χ0n) is 26.4. The van der Waals surface area contributed by atoms with Crippen LogP contribution >= 0.6 is 0 Å². The molecule has 320 valence electrons. The molecule has 0 aliphatic rings. The first-order valence-electron chi connectivity index (χ1n) is 15.0. The van der Waals surface area contributed by atoms with Crippen LogP contribution in [0, 0.1) is 53.2 Å². The Labute approximate surface area is 331 Å². The number of ether oxygens (including phenoxy) is 1. The molecular weight excluding hydrogens is 673 g/mol. The molecule has 0 unspecified atom stereocenters. The summed E-state index contributed by atoms with van der Waals surface area (Å²) in [6, 6.07) is 10.1. The summed E-state index contributed by atoms with van der Waals surface area (Å²) >= 11 is 0. The third-order valence-corrected chi connectivity index (χ3v) is 8.01. The summed E-state index contributed by atoms with van der Waals surface area (Å²) in [5.74, 6) is -2.52. The van der Waals surface area contributed by atoms with E-state index in [4.69, 9.17) is 5.11 Å². The lowest BCUT2D eigenvalue weighted by Gasteiger charge is -2.19. The molecular formula is C47H92F4O2. The summed E-state index contributed by atoms with van der Waals surface area (Å²) in [7, 11) is 0. The van der Waals surface area contributed by atoms with E-state index < -0.39 is 23.3 Å². The SMILES string of the molecule is C.C.C.C.C.C.C.C.C.C.C.CCCCCCCc1cc(F)c(C(F)(F)OCCc2cc(C)c(C)c(C)c2)c(F)c1.Cc1cc(CCO)cc(C)c1C. The predicted octanol–water partition coefficient (Wildman–Crippen LogP) is 16.9. The number of rotatable bonds is 13. The molecule has 0 amide bonds. The van der Waals surface area contributed by atoms with Crippen molar-refractivity contribution in [1.29, 1.82) is 0 Å². The molecule has 0 heterocycles. The molecule has 0 aromatic heterocycles. The minimum atomic E-state index is -4.03. The van der Waals surface area contributed by atoms with Crippen molar-refractivity contribution in [1.82, 2.24) is 0 Å². The van der Waals surface area contributed by atoms with E-state index in [-0.39, 0.29) is 101 Å². The van der Waals surface area contributed by atoms with Gasteiger partial charge in [0.15, 0.2) is 0 Å². The Morgan fingerprint density at radius 2 is 0.849 bits per heavy atom. The van der Waals surface area contributed by atoms with Gasteiger partial charge in [0, 0.05) is 6.61 Å². The van der Waals surface area contributed by atoms with E-state index in [1.54, 1.807) is 0 Å². The van der Waals surface area contributed by atoms with Crippen LogP contribution in [-0.4, -0.2) is 18.3 Å². The first-order valence-corrected chi connectivity index (χ1v) is 15.0. The fraction of sp³-hybridized carbons (Fsp3) is 0.617. The largest absolute Gasteiger partial charge is 0.396 e. The second-order valence-electron chi connectivity index (χ2n) is 11.4. The van der Waals surface area contributed by atoms with Gasteiger partial charge in [0.1, 0.15) is 17.2 Å². The molecule has 0 radical (unpaired) electrons. The highest BCUT2D eigenvalue weighted by atomic mass is 19.3. The number of aliphatic hydroxyl groups excluding tert-OH is 1. The summed E-state index contributed by atoms with van der Waals surface area (Å²) in [4.78, 5) is 0. The van der Waals surface area contributed by atoms with Gasteiger partial charge in [-0.25, -0.2) is 8.78 Å². The average molecular weight is 765 g/mol. The molecule has 0 aliphatic carbocycles. The van der Waals surface area contributed by atoms with Crippen molar-refractivity contribution >= 4 is 0 Å². The van der Waals surface area contributed by atoms with E-state index in [2.05, 4.69) is 44.6 Å². The first kappa shape index (κ1) is 75.3. The van der Waals surface area contributed by atoms with E-state index >= 15 is 0 Å². The molecule has 2 nitrogen and oxygen atoms in total. The van der Waals surface area contributed by atoms with Crippen LogP contribution in [0.5, 0.6) is 0 Å². The van der Waals surface area contributed by atoms with E-state index in [0.717, 1.165) is 72.9 Å². The van der Waals surface area contributed by atoms with Crippen LogP contribution in [0.15, 0.2) is 36.4 Å². The topological polar surface area (TPSA) is 29.5 Å². The fourth-order valence-electron chi connectivity index (χ4n) is 5.02. The molecule has 0 saturated heterocycles. The second kappa shape index (κ2) is 36.3. The van der Waals surface area contributed by atoms with Gasteiger partial charge >= 0.3 is 6.11 Å². The predicted molar refractivity (Wildman–Crippen MR) is 239 cm³/mol. The van der Waals surface area contributed by atoms with E-state index in [1.807, 2.05) is 32.9 Å². The summed E-state index contributed by atoms with van der Waals surface area (Å²) in [6.45, 7) is 14.3. The van der Waals surface area contributed by atoms with Gasteiger partial charge < -0.3 is 9.84 Å². The van der Waals surface area contributed by atoms with Crippen molar-refractivity contribution in [2.45, 2.75) is 188 Å². The maximum Gasteiger partial charge on any atom is 0.389 e. The van der Waals surface area contributed by atoms with Gasteiger partial charge in [-0.1, -0.05) is 139 Å². The number of aryl methyl sites for hydroxylation is 5. The molecule has 0 aliphatic heterocycles. The fourth-order valence-corrected chi connectivity index (χ4v) is 5.02. The highest BCUT2D eigenvalue weighted by Gasteiger charge is 2.39. The van der Waals surface area contributed by atoms with Crippen molar-refractivity contribution in [3.8, 4) is 0 Å². The Morgan fingerprint density at radius 1 is 0.509 bits per heavy atom. The summed E-state index contributed by atoms with van der Waals surface area (Å²) < 4.78 is 62.2. The van der Waals surface area contributed by atoms with E-state index in [1.165, 1.54) is 22.3 Å². The second-order valence-corrected chi connectivity index (χ2v) is 11.4. The maximum atomic E-state index is 14.4. The number of unbranched alkanes of at least 4 members (excludes halogenated alkanes) is 4. The monoisotopic (exact) mass is 765 g/mol. The van der Waals surface area contributed by atoms with Crippen molar-refractivity contribution in [2.24, 2.45) is 0 Å². The molecule has 0 atom stereocenters. The van der Waals surface area contributed by atoms with Crippen LogP contribution in [-0.2, 0) is 30.1 Å². The van der Waals surface area contributed by atoms with Crippen LogP contribution in [0.1, 0.15) is 176 Å². The van der Waals surface area contributed by atoms with Gasteiger partial charge in [-0.3, -0.25) is 0 Å².